The van der Waals surface area contributed by atoms with E-state index in [4.69, 9.17) is 0 Å². The van der Waals surface area contributed by atoms with Crippen molar-refractivity contribution in [3.8, 4) is 0 Å². The Morgan fingerprint density at radius 1 is 1.20 bits per heavy atom. The van der Waals surface area contributed by atoms with E-state index in [1.165, 1.54) is 17.0 Å². The summed E-state index contributed by atoms with van der Waals surface area (Å²) >= 11 is 0. The number of likely N-dealkylation sites (tertiary alicyclic amines) is 1. The molecule has 0 aliphatic carbocycles. The number of hydrogen-bond acceptors (Lipinski definition) is 3. The molecule has 0 N–H and O–H groups in total. The predicted molar refractivity (Wildman–Crippen MR) is 101 cm³/mol. The summed E-state index contributed by atoms with van der Waals surface area (Å²) in [5.41, 5.74) is 1.10. The Morgan fingerprint density at radius 2 is 1.92 bits per heavy atom. The van der Waals surface area contributed by atoms with Crippen molar-refractivity contribution in [3.05, 3.63) is 35.9 Å². The van der Waals surface area contributed by atoms with Gasteiger partial charge in [0, 0.05) is 32.1 Å². The summed E-state index contributed by atoms with van der Waals surface area (Å²) in [5.74, 6) is 0.0833. The van der Waals surface area contributed by atoms with Crippen LogP contribution in [0.1, 0.15) is 44.6 Å². The maximum atomic E-state index is 12.6. The van der Waals surface area contributed by atoms with Crippen LogP contribution in [0.15, 0.2) is 30.3 Å². The van der Waals surface area contributed by atoms with E-state index >= 15 is 0 Å². The Balaban J connectivity index is 1.92. The van der Waals surface area contributed by atoms with E-state index in [1.807, 2.05) is 35.2 Å². The van der Waals surface area contributed by atoms with Crippen molar-refractivity contribution in [1.82, 2.24) is 9.21 Å². The molecule has 1 saturated heterocycles. The Bertz CT molecular complexity index is 646. The fourth-order valence-electron chi connectivity index (χ4n) is 3.46. The number of rotatable bonds is 8. The smallest absolute Gasteiger partial charge is 0.224 e. The molecule has 1 amide bonds. The molecule has 0 radical (unpaired) electrons. The highest BCUT2D eigenvalue weighted by atomic mass is 32.2. The quantitative estimate of drug-likeness (QED) is 0.711. The minimum atomic E-state index is -3.32. The molecule has 5 nitrogen and oxygen atoms in total. The van der Waals surface area contributed by atoms with E-state index < -0.39 is 10.0 Å². The van der Waals surface area contributed by atoms with Crippen LogP contribution in [0.3, 0.4) is 0 Å². The molecule has 140 valence electrons. The SMILES string of the molecule is CCC1CCCCN1C(=O)CCN(CCc1ccccc1)S(C)(=O)=O. The lowest BCUT2D eigenvalue weighted by Crippen LogP contribution is -2.45. The van der Waals surface area contributed by atoms with Gasteiger partial charge in [0.25, 0.3) is 0 Å². The van der Waals surface area contributed by atoms with Gasteiger partial charge in [-0.05, 0) is 37.7 Å². The van der Waals surface area contributed by atoms with Crippen molar-refractivity contribution >= 4 is 15.9 Å². The number of nitrogens with zero attached hydrogens (tertiary/aromatic N) is 2. The molecule has 0 aromatic heterocycles. The first-order valence-corrected chi connectivity index (χ1v) is 11.0. The zero-order valence-electron chi connectivity index (χ0n) is 15.4. The normalized spacial score (nSPS) is 18.5. The van der Waals surface area contributed by atoms with E-state index in [1.54, 1.807) is 0 Å². The number of sulfonamides is 1. The summed E-state index contributed by atoms with van der Waals surface area (Å²) in [5, 5.41) is 0. The number of carbonyl (C=O) groups is 1. The van der Waals surface area contributed by atoms with Crippen molar-refractivity contribution in [3.63, 3.8) is 0 Å². The van der Waals surface area contributed by atoms with Gasteiger partial charge < -0.3 is 4.90 Å². The lowest BCUT2D eigenvalue weighted by atomic mass is 9.99. The lowest BCUT2D eigenvalue weighted by Gasteiger charge is -2.35. The van der Waals surface area contributed by atoms with Gasteiger partial charge in [0.15, 0.2) is 0 Å². The van der Waals surface area contributed by atoms with Gasteiger partial charge in [-0.15, -0.1) is 0 Å². The second-order valence-electron chi connectivity index (χ2n) is 6.79. The molecule has 1 atom stereocenters. The monoisotopic (exact) mass is 366 g/mol. The molecule has 1 fully saturated rings. The zero-order valence-corrected chi connectivity index (χ0v) is 16.2. The summed E-state index contributed by atoms with van der Waals surface area (Å²) < 4.78 is 25.6. The first-order valence-electron chi connectivity index (χ1n) is 9.20. The first-order chi connectivity index (χ1) is 11.9. The molecule has 2 rings (SSSR count). The molecule has 0 saturated carbocycles. The van der Waals surface area contributed by atoms with Gasteiger partial charge >= 0.3 is 0 Å². The second kappa shape index (κ2) is 9.34. The predicted octanol–water partition coefficient (Wildman–Crippen LogP) is 2.67. The first kappa shape index (κ1) is 19.9. The topological polar surface area (TPSA) is 57.7 Å². The van der Waals surface area contributed by atoms with Crippen molar-refractivity contribution in [2.45, 2.75) is 51.5 Å². The van der Waals surface area contributed by atoms with E-state index in [0.29, 0.717) is 19.0 Å². The van der Waals surface area contributed by atoms with Crippen LogP contribution in [-0.2, 0) is 21.2 Å². The fourth-order valence-corrected chi connectivity index (χ4v) is 4.31. The van der Waals surface area contributed by atoms with Crippen LogP contribution in [0, 0.1) is 0 Å². The molecule has 0 spiro atoms. The van der Waals surface area contributed by atoms with Crippen LogP contribution >= 0.6 is 0 Å². The largest absolute Gasteiger partial charge is 0.340 e. The van der Waals surface area contributed by atoms with Crippen molar-refractivity contribution < 1.29 is 13.2 Å². The van der Waals surface area contributed by atoms with Crippen LogP contribution in [0.25, 0.3) is 0 Å². The number of carbonyl (C=O) groups excluding carboxylic acids is 1. The summed E-state index contributed by atoms with van der Waals surface area (Å²) in [4.78, 5) is 14.5. The van der Waals surface area contributed by atoms with Crippen LogP contribution in [0.5, 0.6) is 0 Å². The minimum absolute atomic E-state index is 0.0833. The van der Waals surface area contributed by atoms with Gasteiger partial charge in [0.1, 0.15) is 0 Å². The molecule has 1 aliphatic heterocycles. The highest BCUT2D eigenvalue weighted by Gasteiger charge is 2.26. The van der Waals surface area contributed by atoms with Gasteiger partial charge in [-0.1, -0.05) is 37.3 Å². The maximum absolute atomic E-state index is 12.6. The maximum Gasteiger partial charge on any atom is 0.224 e. The molecule has 1 aromatic rings. The Labute approximate surface area is 152 Å². The third kappa shape index (κ3) is 6.12. The average Bonchev–Trinajstić information content (AvgIpc) is 2.61. The third-order valence-electron chi connectivity index (χ3n) is 4.96. The number of amides is 1. The highest BCUT2D eigenvalue weighted by molar-refractivity contribution is 7.88. The molecular formula is C19H30N2O3S. The fraction of sp³-hybridized carbons (Fsp3) is 0.632. The van der Waals surface area contributed by atoms with Crippen molar-refractivity contribution in [2.24, 2.45) is 0 Å². The molecular weight excluding hydrogens is 336 g/mol. The van der Waals surface area contributed by atoms with Crippen LogP contribution in [-0.4, -0.2) is 55.5 Å². The van der Waals surface area contributed by atoms with Gasteiger partial charge in [-0.25, -0.2) is 12.7 Å². The molecule has 0 bridgehead atoms. The Kier molecular flexibility index (Phi) is 7.44. The van der Waals surface area contributed by atoms with Gasteiger partial charge in [0.05, 0.1) is 6.26 Å². The minimum Gasteiger partial charge on any atom is -0.340 e. The van der Waals surface area contributed by atoms with E-state index in [2.05, 4.69) is 6.92 Å². The average molecular weight is 367 g/mol. The standard InChI is InChI=1S/C19H30N2O3S/c1-3-18-11-7-8-14-21(18)19(22)13-16-20(25(2,23)24)15-12-17-9-5-4-6-10-17/h4-6,9-10,18H,3,7-8,11-16H2,1-2H3. The van der Waals surface area contributed by atoms with Crippen molar-refractivity contribution in [2.75, 3.05) is 25.9 Å². The van der Waals surface area contributed by atoms with Crippen LogP contribution in [0.4, 0.5) is 0 Å². The molecule has 1 aromatic carbocycles. The Hall–Kier alpha value is -1.40. The molecule has 1 unspecified atom stereocenters. The van der Waals surface area contributed by atoms with Gasteiger partial charge in [-0.2, -0.15) is 0 Å². The Morgan fingerprint density at radius 3 is 2.56 bits per heavy atom. The summed E-state index contributed by atoms with van der Waals surface area (Å²) in [7, 11) is -3.32. The highest BCUT2D eigenvalue weighted by Crippen LogP contribution is 2.20. The van der Waals surface area contributed by atoms with E-state index in [-0.39, 0.29) is 18.9 Å². The third-order valence-corrected chi connectivity index (χ3v) is 6.26. The molecule has 1 aliphatic rings. The number of piperidine rings is 1. The van der Waals surface area contributed by atoms with Crippen LogP contribution < -0.4 is 0 Å². The molecule has 25 heavy (non-hydrogen) atoms. The number of hydrogen-bond donors (Lipinski definition) is 0. The van der Waals surface area contributed by atoms with Crippen LogP contribution in [0.2, 0.25) is 0 Å². The number of benzene rings is 1. The van der Waals surface area contributed by atoms with E-state index in [9.17, 15) is 13.2 Å². The van der Waals surface area contributed by atoms with E-state index in [0.717, 1.165) is 31.4 Å². The second-order valence-corrected chi connectivity index (χ2v) is 8.78. The lowest BCUT2D eigenvalue weighted by molar-refractivity contribution is -0.135. The molecule has 6 heteroatoms. The summed E-state index contributed by atoms with van der Waals surface area (Å²) in [6, 6.07) is 10.1. The molecule has 1 heterocycles. The summed E-state index contributed by atoms with van der Waals surface area (Å²) in [6.45, 7) is 3.59. The zero-order chi connectivity index (χ0) is 18.3. The summed E-state index contributed by atoms with van der Waals surface area (Å²) in [6.07, 6.45) is 6.39. The van der Waals surface area contributed by atoms with Crippen molar-refractivity contribution in [1.29, 1.82) is 0 Å². The van der Waals surface area contributed by atoms with Gasteiger partial charge in [-0.3, -0.25) is 4.79 Å². The van der Waals surface area contributed by atoms with Gasteiger partial charge in [0.2, 0.25) is 15.9 Å².